The van der Waals surface area contributed by atoms with E-state index in [-0.39, 0.29) is 11.5 Å². The standard InChI is InChI=1S/C4H8Br2O4S2/c5-11(7,8)3-1-2-4-12(6,9)10/h1-4H2. The first-order valence-electron chi connectivity index (χ1n) is 3.05. The molecule has 0 spiro atoms. The minimum atomic E-state index is -3.14. The van der Waals surface area contributed by atoms with Gasteiger partial charge in [-0.1, -0.05) is 0 Å². The van der Waals surface area contributed by atoms with E-state index >= 15 is 0 Å². The lowest BCUT2D eigenvalue weighted by Gasteiger charge is -1.95. The van der Waals surface area contributed by atoms with Crippen molar-refractivity contribution in [2.24, 2.45) is 0 Å². The van der Waals surface area contributed by atoms with Crippen LogP contribution >= 0.6 is 29.6 Å². The minimum Gasteiger partial charge on any atom is -0.217 e. The zero-order chi connectivity index (χ0) is 9.83. The van der Waals surface area contributed by atoms with Crippen LogP contribution in [0.5, 0.6) is 0 Å². The Morgan fingerprint density at radius 2 is 1.00 bits per heavy atom. The summed E-state index contributed by atoms with van der Waals surface area (Å²) >= 11 is 4.94. The molecule has 74 valence electrons. The number of halogens is 2. The second-order valence-corrected chi connectivity index (χ2v) is 11.1. The van der Waals surface area contributed by atoms with Crippen LogP contribution in [-0.4, -0.2) is 28.3 Å². The number of hydrogen-bond acceptors (Lipinski definition) is 4. The fourth-order valence-electron chi connectivity index (χ4n) is 0.549. The van der Waals surface area contributed by atoms with Gasteiger partial charge in [0.25, 0.3) is 0 Å². The van der Waals surface area contributed by atoms with Crippen LogP contribution in [-0.2, 0) is 16.5 Å². The van der Waals surface area contributed by atoms with Crippen LogP contribution in [0.25, 0.3) is 0 Å². The van der Waals surface area contributed by atoms with Crippen LogP contribution in [0.15, 0.2) is 0 Å². The summed E-state index contributed by atoms with van der Waals surface area (Å²) in [7, 11) is -6.28. The topological polar surface area (TPSA) is 68.3 Å². The van der Waals surface area contributed by atoms with E-state index in [0.29, 0.717) is 12.8 Å². The first kappa shape index (κ1) is 12.9. The molecule has 8 heteroatoms. The van der Waals surface area contributed by atoms with Crippen LogP contribution in [0.1, 0.15) is 12.8 Å². The third-order valence-corrected chi connectivity index (χ3v) is 4.52. The Bertz CT molecular complexity index is 283. The van der Waals surface area contributed by atoms with Gasteiger partial charge < -0.3 is 0 Å². The summed E-state index contributed by atoms with van der Waals surface area (Å²) < 4.78 is 42.0. The van der Waals surface area contributed by atoms with Gasteiger partial charge in [-0.05, 0) is 12.8 Å². The summed E-state index contributed by atoms with van der Waals surface area (Å²) in [5, 5.41) is 0. The van der Waals surface area contributed by atoms with Gasteiger partial charge in [0.1, 0.15) is 0 Å². The van der Waals surface area contributed by atoms with Gasteiger partial charge in [0.2, 0.25) is 16.5 Å². The Hall–Kier alpha value is 0.860. The molecule has 0 bridgehead atoms. The van der Waals surface area contributed by atoms with Crippen molar-refractivity contribution < 1.29 is 16.8 Å². The fraction of sp³-hybridized carbons (Fsp3) is 1.00. The summed E-state index contributed by atoms with van der Waals surface area (Å²) in [5.41, 5.74) is 0. The van der Waals surface area contributed by atoms with Crippen LogP contribution in [0.4, 0.5) is 0 Å². The van der Waals surface area contributed by atoms with Gasteiger partial charge in [-0.2, -0.15) is 0 Å². The molecule has 0 unspecified atom stereocenters. The average molecular weight is 344 g/mol. The molecule has 0 amide bonds. The van der Waals surface area contributed by atoms with Gasteiger partial charge in [0.15, 0.2) is 0 Å². The van der Waals surface area contributed by atoms with Crippen molar-refractivity contribution in [2.75, 3.05) is 11.5 Å². The van der Waals surface area contributed by atoms with Gasteiger partial charge >= 0.3 is 0 Å². The predicted octanol–water partition coefficient (Wildman–Crippen LogP) is 1.22. The van der Waals surface area contributed by atoms with Crippen molar-refractivity contribution >= 4 is 46.2 Å². The minimum absolute atomic E-state index is 0.0322. The highest BCUT2D eigenvalue weighted by Gasteiger charge is 2.07. The molecule has 0 atom stereocenters. The SMILES string of the molecule is O=S(=O)(Br)CCCCS(=O)(=O)Br. The van der Waals surface area contributed by atoms with Crippen molar-refractivity contribution in [1.29, 1.82) is 0 Å². The highest BCUT2D eigenvalue weighted by atomic mass is 79.9. The van der Waals surface area contributed by atoms with E-state index in [1.54, 1.807) is 0 Å². The van der Waals surface area contributed by atoms with Gasteiger partial charge in [-0.3, -0.25) is 0 Å². The maximum absolute atomic E-state index is 10.5. The third-order valence-electron chi connectivity index (χ3n) is 1.03. The first-order valence-corrected chi connectivity index (χ1v) is 10.0. The number of unbranched alkanes of at least 4 members (excludes halogenated alkanes) is 1. The van der Waals surface area contributed by atoms with Gasteiger partial charge in [-0.25, -0.2) is 16.8 Å². The van der Waals surface area contributed by atoms with Crippen molar-refractivity contribution in [3.8, 4) is 0 Å². The van der Waals surface area contributed by atoms with E-state index in [4.69, 9.17) is 0 Å². The molecule has 0 aromatic rings. The van der Waals surface area contributed by atoms with E-state index in [0.717, 1.165) is 0 Å². The molecular formula is C4H8Br2O4S2. The average Bonchev–Trinajstić information content (AvgIpc) is 1.76. The van der Waals surface area contributed by atoms with E-state index in [2.05, 4.69) is 29.6 Å². The van der Waals surface area contributed by atoms with Crippen LogP contribution in [0.2, 0.25) is 0 Å². The van der Waals surface area contributed by atoms with Gasteiger partial charge in [0.05, 0.1) is 41.1 Å². The first-order chi connectivity index (χ1) is 5.21. The van der Waals surface area contributed by atoms with Gasteiger partial charge in [0, 0.05) is 0 Å². The summed E-state index contributed by atoms with van der Waals surface area (Å²) in [4.78, 5) is 0. The van der Waals surface area contributed by atoms with E-state index in [1.807, 2.05) is 0 Å². The summed E-state index contributed by atoms with van der Waals surface area (Å²) in [5.74, 6) is -0.0644. The van der Waals surface area contributed by atoms with Crippen LogP contribution in [0.3, 0.4) is 0 Å². The summed E-state index contributed by atoms with van der Waals surface area (Å²) in [6.07, 6.45) is 0.691. The van der Waals surface area contributed by atoms with Gasteiger partial charge in [-0.15, -0.1) is 0 Å². The summed E-state index contributed by atoms with van der Waals surface area (Å²) in [6.45, 7) is 0. The lowest BCUT2D eigenvalue weighted by Crippen LogP contribution is -2.01. The molecule has 0 radical (unpaired) electrons. The smallest absolute Gasteiger partial charge is 0.209 e. The molecule has 0 aromatic heterocycles. The fourth-order valence-corrected chi connectivity index (χ4v) is 3.02. The second-order valence-electron chi connectivity index (χ2n) is 2.19. The molecule has 0 saturated heterocycles. The molecule has 0 aliphatic carbocycles. The molecule has 0 rings (SSSR count). The third kappa shape index (κ3) is 10.9. The second kappa shape index (κ2) is 4.92. The predicted molar refractivity (Wildman–Crippen MR) is 54.7 cm³/mol. The molecule has 0 N–H and O–H groups in total. The quantitative estimate of drug-likeness (QED) is 0.556. The van der Waals surface area contributed by atoms with Crippen LogP contribution < -0.4 is 0 Å². The monoisotopic (exact) mass is 342 g/mol. The molecule has 0 saturated carbocycles. The van der Waals surface area contributed by atoms with Crippen molar-refractivity contribution in [3.63, 3.8) is 0 Å². The van der Waals surface area contributed by atoms with Crippen molar-refractivity contribution in [2.45, 2.75) is 12.8 Å². The molecule has 12 heavy (non-hydrogen) atoms. The van der Waals surface area contributed by atoms with Crippen LogP contribution in [0, 0.1) is 0 Å². The molecule has 0 fully saturated rings. The molecule has 0 heterocycles. The Morgan fingerprint density at radius 1 is 0.750 bits per heavy atom. The molecule has 4 nitrogen and oxygen atoms in total. The Balaban J connectivity index is 3.62. The van der Waals surface area contributed by atoms with Crippen molar-refractivity contribution in [1.82, 2.24) is 0 Å². The summed E-state index contributed by atoms with van der Waals surface area (Å²) in [6, 6.07) is 0. The molecule has 0 aromatic carbocycles. The van der Waals surface area contributed by atoms with E-state index < -0.39 is 16.5 Å². The molecule has 0 aliphatic heterocycles. The zero-order valence-corrected chi connectivity index (χ0v) is 10.8. The molecule has 0 aliphatic rings. The Morgan fingerprint density at radius 3 is 1.17 bits per heavy atom. The highest BCUT2D eigenvalue weighted by molar-refractivity contribution is 9.47. The maximum Gasteiger partial charge on any atom is 0.209 e. The zero-order valence-electron chi connectivity index (χ0n) is 6.03. The number of rotatable bonds is 5. The lowest BCUT2D eigenvalue weighted by atomic mass is 10.4. The Labute approximate surface area is 87.0 Å². The largest absolute Gasteiger partial charge is 0.217 e. The van der Waals surface area contributed by atoms with E-state index in [1.165, 1.54) is 0 Å². The van der Waals surface area contributed by atoms with E-state index in [9.17, 15) is 16.8 Å². The van der Waals surface area contributed by atoms with Crippen molar-refractivity contribution in [3.05, 3.63) is 0 Å². The number of hydrogen-bond donors (Lipinski definition) is 0. The molecular weight excluding hydrogens is 336 g/mol. The lowest BCUT2D eigenvalue weighted by molar-refractivity contribution is 0.601. The Kier molecular flexibility index (Phi) is 5.27. The highest BCUT2D eigenvalue weighted by Crippen LogP contribution is 2.08. The maximum atomic E-state index is 10.5. The normalized spacial score (nSPS) is 13.2.